The third-order valence-corrected chi connectivity index (χ3v) is 16.2. The second-order valence-electron chi connectivity index (χ2n) is 22.7. The zero-order valence-corrected chi connectivity index (χ0v) is 49.7. The summed E-state index contributed by atoms with van der Waals surface area (Å²) >= 11 is 1.58. The molecule has 5 amide bonds. The van der Waals surface area contributed by atoms with Gasteiger partial charge in [0.15, 0.2) is 0 Å². The van der Waals surface area contributed by atoms with Crippen LogP contribution in [0.1, 0.15) is 107 Å². The molecule has 2 fully saturated rings. The average molecular weight is 1160 g/mol. The molecule has 6 aromatic rings. The van der Waals surface area contributed by atoms with Crippen molar-refractivity contribution in [2.24, 2.45) is 5.41 Å². The number of hydrogen-bond donors (Lipinski definition) is 5. The highest BCUT2D eigenvalue weighted by atomic mass is 32.1. The average Bonchev–Trinajstić information content (AvgIpc) is 3.42. The van der Waals surface area contributed by atoms with E-state index in [0.717, 1.165) is 108 Å². The monoisotopic (exact) mass is 1160 g/mol. The molecule has 19 nitrogen and oxygen atoms in total. The Labute approximate surface area is 497 Å². The summed E-state index contributed by atoms with van der Waals surface area (Å²) in [6.07, 6.45) is 12.2. The van der Waals surface area contributed by atoms with E-state index in [1.165, 1.54) is 4.90 Å². The number of nitriles is 1. The third kappa shape index (κ3) is 18.5. The lowest BCUT2D eigenvalue weighted by Crippen LogP contribution is -2.58. The van der Waals surface area contributed by atoms with Gasteiger partial charge in [0.25, 0.3) is 0 Å². The molecule has 8 rings (SSSR count). The number of nitrogens with one attached hydrogen (secondary N) is 4. The Bertz CT molecular complexity index is 3060. The Morgan fingerprint density at radius 3 is 2.11 bits per heavy atom. The summed E-state index contributed by atoms with van der Waals surface area (Å²) in [4.78, 5) is 67.6. The summed E-state index contributed by atoms with van der Waals surface area (Å²) in [5, 5.41) is 36.8. The van der Waals surface area contributed by atoms with E-state index < -0.39 is 35.4 Å². The topological polar surface area (TPSA) is 238 Å². The summed E-state index contributed by atoms with van der Waals surface area (Å²) in [6.45, 7) is 11.5. The van der Waals surface area contributed by atoms with Crippen molar-refractivity contribution in [1.29, 1.82) is 5.26 Å². The van der Waals surface area contributed by atoms with E-state index in [-0.39, 0.29) is 50.1 Å². The number of nitrogens with zero attached hydrogens (tertiary/aromatic N) is 7. The minimum absolute atomic E-state index is 0.00390. The minimum atomic E-state index is -0.940. The molecule has 20 heteroatoms. The van der Waals surface area contributed by atoms with Crippen LogP contribution in [0.25, 0.3) is 21.6 Å². The van der Waals surface area contributed by atoms with Crippen molar-refractivity contribution in [2.75, 3.05) is 56.4 Å². The SMILES string of the molecule is Cc1ncsc1-c1ccc(CNC(=O)[C@@H]2C[C@@H](O)CN2C(=O)[C@@H](NC(=O)COCCCCOCCCOCCCCn2cc(-c3ccc(N(C(=O)NCc4ccccc4)C4CCC(Nc5ccc(C#N)cn5)CC4)cc3)cn2)C(C)(C)C)cc1. The van der Waals surface area contributed by atoms with E-state index >= 15 is 0 Å². The highest BCUT2D eigenvalue weighted by Gasteiger charge is 2.44. The molecule has 1 saturated carbocycles. The number of amides is 5. The molecule has 0 radical (unpaired) electrons. The van der Waals surface area contributed by atoms with Crippen molar-refractivity contribution in [2.45, 2.75) is 142 Å². The molecule has 0 spiro atoms. The molecular weight excluding hydrogens is 1080 g/mol. The van der Waals surface area contributed by atoms with Crippen LogP contribution in [-0.2, 0) is 48.2 Å². The van der Waals surface area contributed by atoms with E-state index in [0.29, 0.717) is 51.6 Å². The number of β-amino-alcohol motifs (C(OH)–C–C–N with tert-alkyl or cyclic N) is 1. The van der Waals surface area contributed by atoms with Crippen LogP contribution < -0.4 is 26.2 Å². The lowest BCUT2D eigenvalue weighted by Gasteiger charge is -2.37. The number of aryl methyl sites for hydroxylation is 2. The first-order valence-electron chi connectivity index (χ1n) is 29.4. The van der Waals surface area contributed by atoms with Gasteiger partial charge in [0, 0.05) is 101 Å². The number of benzene rings is 3. The van der Waals surface area contributed by atoms with Crippen molar-refractivity contribution in [3.8, 4) is 27.6 Å². The van der Waals surface area contributed by atoms with Gasteiger partial charge < -0.3 is 45.5 Å². The lowest BCUT2D eigenvalue weighted by atomic mass is 9.85. The van der Waals surface area contributed by atoms with Gasteiger partial charge in [-0.15, -0.1) is 11.3 Å². The minimum Gasteiger partial charge on any atom is -0.391 e. The van der Waals surface area contributed by atoms with E-state index in [1.54, 1.807) is 23.6 Å². The molecule has 0 unspecified atom stereocenters. The molecule has 3 aromatic carbocycles. The lowest BCUT2D eigenvalue weighted by molar-refractivity contribution is -0.144. The maximum atomic E-state index is 14.0. The van der Waals surface area contributed by atoms with Crippen LogP contribution >= 0.6 is 11.3 Å². The molecular formula is C64H81N11O8S. The van der Waals surface area contributed by atoms with Crippen LogP contribution in [0.5, 0.6) is 0 Å². The van der Waals surface area contributed by atoms with Crippen LogP contribution in [0, 0.1) is 23.7 Å². The van der Waals surface area contributed by atoms with Crippen LogP contribution in [0.3, 0.4) is 0 Å². The van der Waals surface area contributed by atoms with E-state index in [9.17, 15) is 24.3 Å². The first-order valence-corrected chi connectivity index (χ1v) is 30.2. The number of aliphatic hydroxyl groups excluding tert-OH is 1. The summed E-state index contributed by atoms with van der Waals surface area (Å²) in [7, 11) is 0. The Morgan fingerprint density at radius 1 is 0.774 bits per heavy atom. The van der Waals surface area contributed by atoms with Crippen molar-refractivity contribution in [3.05, 3.63) is 137 Å². The molecule has 84 heavy (non-hydrogen) atoms. The van der Waals surface area contributed by atoms with Gasteiger partial charge in [0.2, 0.25) is 17.7 Å². The Morgan fingerprint density at radius 2 is 1.44 bits per heavy atom. The largest absolute Gasteiger partial charge is 0.391 e. The van der Waals surface area contributed by atoms with E-state index in [2.05, 4.69) is 60.7 Å². The van der Waals surface area contributed by atoms with Gasteiger partial charge in [0.05, 0.1) is 33.9 Å². The Hall–Kier alpha value is -7.54. The number of urea groups is 1. The smallest absolute Gasteiger partial charge is 0.322 e. The molecule has 5 N–H and O–H groups in total. The number of likely N-dealkylation sites (tertiary alicyclic amines) is 1. The number of carbonyl (C=O) groups is 4. The second kappa shape index (κ2) is 31.4. The van der Waals surface area contributed by atoms with Gasteiger partial charge >= 0.3 is 6.03 Å². The maximum Gasteiger partial charge on any atom is 0.322 e. The molecule has 0 bridgehead atoms. The predicted molar refractivity (Wildman–Crippen MR) is 325 cm³/mol. The van der Waals surface area contributed by atoms with Gasteiger partial charge in [0.1, 0.15) is 30.6 Å². The molecule has 1 saturated heterocycles. The summed E-state index contributed by atoms with van der Waals surface area (Å²) in [5.74, 6) is -0.466. The number of rotatable bonds is 29. The number of aromatic nitrogens is 4. The highest BCUT2D eigenvalue weighted by Crippen LogP contribution is 2.32. The standard InChI is InChI=1S/C64H81N11O8S/c1-45-59(84-44-69-45)50-18-15-47(16-19-50)37-67-61(78)56-35-55(76)42-74(56)62(79)60(64(2,3)4)72-58(77)43-83-32-11-10-31-82-34-12-33-81-30-9-8-29-73-41-51(40-70-73)49-20-24-53(25-21-49)75(63(80)68-38-46-13-6-5-7-14-46)54-26-22-52(23-27-54)71-57-28-17-48(36-65)39-66-57/h5-7,13-21,24-25,28,39-41,44,52,54-56,60,76H,8-12,22-23,26-27,29-35,37-38,42-43H2,1-4H3,(H,66,71)(H,67,78)(H,68,80)(H,72,77)/t52?,54?,55-,56+,60-/m1/s1. The van der Waals surface area contributed by atoms with Gasteiger partial charge in [-0.1, -0.05) is 87.5 Å². The highest BCUT2D eigenvalue weighted by molar-refractivity contribution is 7.13. The van der Waals surface area contributed by atoms with Crippen LogP contribution in [-0.4, -0.2) is 130 Å². The predicted octanol–water partition coefficient (Wildman–Crippen LogP) is 9.20. The van der Waals surface area contributed by atoms with Crippen molar-refractivity contribution in [3.63, 3.8) is 0 Å². The van der Waals surface area contributed by atoms with Gasteiger partial charge in [-0.3, -0.25) is 24.0 Å². The molecule has 1 aliphatic heterocycles. The van der Waals surface area contributed by atoms with Gasteiger partial charge in [-0.2, -0.15) is 10.4 Å². The van der Waals surface area contributed by atoms with Crippen LogP contribution in [0.15, 0.2) is 115 Å². The second-order valence-corrected chi connectivity index (χ2v) is 23.6. The van der Waals surface area contributed by atoms with E-state index in [1.807, 2.05) is 122 Å². The zero-order chi connectivity index (χ0) is 59.3. The number of unbranched alkanes of at least 4 members (excludes halogenated alkanes) is 2. The Kier molecular flexibility index (Phi) is 23.4. The number of thiazole rings is 1. The third-order valence-electron chi connectivity index (χ3n) is 15.2. The normalized spacial score (nSPS) is 17.3. The van der Waals surface area contributed by atoms with E-state index in [4.69, 9.17) is 19.5 Å². The maximum absolute atomic E-state index is 14.0. The summed E-state index contributed by atoms with van der Waals surface area (Å²) in [6, 6.07) is 30.0. The number of aliphatic hydroxyl groups is 1. The quantitative estimate of drug-likeness (QED) is 0.0276. The molecule has 4 heterocycles. The summed E-state index contributed by atoms with van der Waals surface area (Å²) < 4.78 is 19.3. The van der Waals surface area contributed by atoms with Crippen molar-refractivity contribution >= 4 is 46.6 Å². The molecule has 1 aliphatic carbocycles. The first-order chi connectivity index (χ1) is 40.7. The fourth-order valence-corrected chi connectivity index (χ4v) is 11.3. The molecule has 3 atom stereocenters. The Balaban J connectivity index is 0.667. The number of hydrogen-bond acceptors (Lipinski definition) is 14. The van der Waals surface area contributed by atoms with Crippen LogP contribution in [0.2, 0.25) is 0 Å². The van der Waals surface area contributed by atoms with Crippen molar-refractivity contribution < 1.29 is 38.5 Å². The number of pyridine rings is 1. The van der Waals surface area contributed by atoms with Gasteiger partial charge in [-0.05, 0) is 117 Å². The number of ether oxygens (including phenoxy) is 3. The fourth-order valence-electron chi connectivity index (χ4n) is 10.5. The fraction of sp³-hybridized carbons (Fsp3) is 0.469. The number of anilines is 2. The molecule has 3 aromatic heterocycles. The van der Waals surface area contributed by atoms with Crippen LogP contribution in [0.4, 0.5) is 16.3 Å². The molecule has 2 aliphatic rings. The van der Waals surface area contributed by atoms with Gasteiger partial charge in [-0.25, -0.2) is 14.8 Å². The molecule has 446 valence electrons. The van der Waals surface area contributed by atoms with Crippen molar-refractivity contribution in [1.82, 2.24) is 40.6 Å². The first kappa shape index (κ1) is 62.5. The summed E-state index contributed by atoms with van der Waals surface area (Å²) in [5.41, 5.74) is 8.49. The zero-order valence-electron chi connectivity index (χ0n) is 48.8. The number of carbonyl (C=O) groups excluding carboxylic acids is 4.